The molecule has 8 heteroatoms. The van der Waals surface area contributed by atoms with E-state index in [2.05, 4.69) is 16.5 Å². The summed E-state index contributed by atoms with van der Waals surface area (Å²) in [5, 5.41) is 0. The maximum absolute atomic E-state index is 13.4. The van der Waals surface area contributed by atoms with Crippen molar-refractivity contribution >= 4 is 12.0 Å². The first-order valence-corrected chi connectivity index (χ1v) is 14.3. The SMILES string of the molecule is CC(CCCCn1ccnc1)C(CC1OC(C)(C)N(C(=O)OC(C)(C)C)[C@H]1CC1CCCCC1)C(N)=O. The number of aryl methyl sites for hydroxylation is 1. The van der Waals surface area contributed by atoms with Crippen LogP contribution in [0.3, 0.4) is 0 Å². The first-order valence-electron chi connectivity index (χ1n) is 14.3. The van der Waals surface area contributed by atoms with Gasteiger partial charge in [0.15, 0.2) is 0 Å². The molecule has 1 aromatic heterocycles. The van der Waals surface area contributed by atoms with Crippen molar-refractivity contribution in [2.75, 3.05) is 0 Å². The van der Waals surface area contributed by atoms with Gasteiger partial charge in [-0.1, -0.05) is 45.4 Å². The molecule has 2 aliphatic rings. The Hall–Kier alpha value is -2.09. The van der Waals surface area contributed by atoms with Crippen LogP contribution in [-0.2, 0) is 20.8 Å². The van der Waals surface area contributed by atoms with Gasteiger partial charge < -0.3 is 19.8 Å². The van der Waals surface area contributed by atoms with Gasteiger partial charge in [0, 0.05) is 24.9 Å². The summed E-state index contributed by atoms with van der Waals surface area (Å²) >= 11 is 0. The molecule has 0 aromatic carbocycles. The first kappa shape index (κ1) is 29.5. The molecular weight excluding hydrogens is 468 g/mol. The minimum absolute atomic E-state index is 0.136. The molecule has 1 saturated heterocycles. The highest BCUT2D eigenvalue weighted by molar-refractivity contribution is 5.77. The number of nitrogens with zero attached hydrogens (tertiary/aromatic N) is 3. The summed E-state index contributed by atoms with van der Waals surface area (Å²) in [5.41, 5.74) is 4.55. The molecule has 8 nitrogen and oxygen atoms in total. The Balaban J connectivity index is 1.72. The number of rotatable bonds is 11. The predicted octanol–water partition coefficient (Wildman–Crippen LogP) is 5.89. The number of nitrogens with two attached hydrogens (primary N) is 1. The molecule has 0 bridgehead atoms. The van der Waals surface area contributed by atoms with Gasteiger partial charge in [0.1, 0.15) is 11.3 Å². The Morgan fingerprint density at radius 2 is 1.89 bits per heavy atom. The minimum atomic E-state index is -0.817. The van der Waals surface area contributed by atoms with Crippen molar-refractivity contribution in [1.29, 1.82) is 0 Å². The van der Waals surface area contributed by atoms with Crippen molar-refractivity contribution in [1.82, 2.24) is 14.5 Å². The summed E-state index contributed by atoms with van der Waals surface area (Å²) < 4.78 is 14.5. The number of hydrogen-bond donors (Lipinski definition) is 1. The van der Waals surface area contributed by atoms with E-state index in [0.29, 0.717) is 12.3 Å². The molecule has 2 heterocycles. The lowest BCUT2D eigenvalue weighted by Gasteiger charge is -2.37. The van der Waals surface area contributed by atoms with Crippen molar-refractivity contribution in [3.05, 3.63) is 18.7 Å². The lowest BCUT2D eigenvalue weighted by molar-refractivity contribution is -0.126. The summed E-state index contributed by atoms with van der Waals surface area (Å²) in [6.07, 6.45) is 15.5. The maximum Gasteiger partial charge on any atom is 0.412 e. The van der Waals surface area contributed by atoms with Crippen LogP contribution in [0.2, 0.25) is 0 Å². The molecule has 1 saturated carbocycles. The minimum Gasteiger partial charge on any atom is -0.444 e. The van der Waals surface area contributed by atoms with Gasteiger partial charge in [0.05, 0.1) is 18.5 Å². The van der Waals surface area contributed by atoms with E-state index in [1.54, 1.807) is 6.20 Å². The Labute approximate surface area is 223 Å². The number of aromatic nitrogens is 2. The third-order valence-corrected chi connectivity index (χ3v) is 8.09. The Kier molecular flexibility index (Phi) is 10.1. The zero-order valence-corrected chi connectivity index (χ0v) is 23.9. The summed E-state index contributed by atoms with van der Waals surface area (Å²) in [6.45, 7) is 12.6. The molecule has 4 atom stereocenters. The summed E-state index contributed by atoms with van der Waals surface area (Å²) in [5.74, 6) is 0.103. The molecule has 0 radical (unpaired) electrons. The van der Waals surface area contributed by atoms with E-state index in [9.17, 15) is 9.59 Å². The first-order chi connectivity index (χ1) is 17.4. The van der Waals surface area contributed by atoms with E-state index in [4.69, 9.17) is 15.2 Å². The molecule has 1 aromatic rings. The van der Waals surface area contributed by atoms with E-state index in [0.717, 1.165) is 32.2 Å². The average Bonchev–Trinajstić information content (AvgIpc) is 3.39. The van der Waals surface area contributed by atoms with Gasteiger partial charge in [-0.25, -0.2) is 9.78 Å². The highest BCUT2D eigenvalue weighted by Gasteiger charge is 2.52. The van der Waals surface area contributed by atoms with E-state index >= 15 is 0 Å². The fraction of sp³-hybridized carbons (Fsp3) is 0.828. The number of unbranched alkanes of at least 4 members (excludes halogenated alkanes) is 1. The van der Waals surface area contributed by atoms with Crippen molar-refractivity contribution in [3.63, 3.8) is 0 Å². The number of hydrogen-bond acceptors (Lipinski definition) is 5. The van der Waals surface area contributed by atoms with Gasteiger partial charge in [-0.2, -0.15) is 0 Å². The van der Waals surface area contributed by atoms with Gasteiger partial charge >= 0.3 is 6.09 Å². The molecule has 2 amide bonds. The normalized spacial score (nSPS) is 24.1. The Morgan fingerprint density at radius 1 is 1.19 bits per heavy atom. The molecule has 37 heavy (non-hydrogen) atoms. The summed E-state index contributed by atoms with van der Waals surface area (Å²) in [6, 6.07) is -0.136. The lowest BCUT2D eigenvalue weighted by Crippen LogP contribution is -2.51. The number of imidazole rings is 1. The zero-order valence-electron chi connectivity index (χ0n) is 23.9. The number of ether oxygens (including phenoxy) is 2. The van der Waals surface area contributed by atoms with Gasteiger partial charge in [-0.3, -0.25) is 9.69 Å². The second-order valence-corrected chi connectivity index (χ2v) is 12.8. The lowest BCUT2D eigenvalue weighted by atomic mass is 9.80. The van der Waals surface area contributed by atoms with Crippen LogP contribution >= 0.6 is 0 Å². The second kappa shape index (κ2) is 12.6. The summed E-state index contributed by atoms with van der Waals surface area (Å²) in [7, 11) is 0. The van der Waals surface area contributed by atoms with Gasteiger partial charge in [0.25, 0.3) is 0 Å². The quantitative estimate of drug-likeness (QED) is 0.368. The highest BCUT2D eigenvalue weighted by Crippen LogP contribution is 2.42. The van der Waals surface area contributed by atoms with Crippen molar-refractivity contribution in [2.24, 2.45) is 23.5 Å². The van der Waals surface area contributed by atoms with Crippen LogP contribution in [0.15, 0.2) is 18.7 Å². The topological polar surface area (TPSA) is 99.7 Å². The van der Waals surface area contributed by atoms with Gasteiger partial charge in [-0.15, -0.1) is 0 Å². The van der Waals surface area contributed by atoms with Crippen LogP contribution in [0.1, 0.15) is 106 Å². The average molecular weight is 519 g/mol. The third-order valence-electron chi connectivity index (χ3n) is 8.09. The number of carbonyl (C=O) groups excluding carboxylic acids is 2. The molecule has 210 valence electrons. The molecule has 0 spiro atoms. The van der Waals surface area contributed by atoms with E-state index in [-0.39, 0.29) is 36.0 Å². The largest absolute Gasteiger partial charge is 0.444 e. The number of amides is 2. The fourth-order valence-electron chi connectivity index (χ4n) is 6.22. The molecule has 3 rings (SSSR count). The predicted molar refractivity (Wildman–Crippen MR) is 145 cm³/mol. The van der Waals surface area contributed by atoms with Crippen LogP contribution in [0, 0.1) is 17.8 Å². The van der Waals surface area contributed by atoms with Crippen LogP contribution in [-0.4, -0.2) is 49.9 Å². The second-order valence-electron chi connectivity index (χ2n) is 12.8. The molecular formula is C29H50N4O4. The van der Waals surface area contributed by atoms with Crippen LogP contribution < -0.4 is 5.73 Å². The van der Waals surface area contributed by atoms with Crippen LogP contribution in [0.4, 0.5) is 4.79 Å². The Bertz CT molecular complexity index is 858. The molecule has 1 aliphatic carbocycles. The van der Waals surface area contributed by atoms with Gasteiger partial charge in [-0.05, 0) is 72.1 Å². The Morgan fingerprint density at radius 3 is 2.49 bits per heavy atom. The molecule has 2 fully saturated rings. The monoisotopic (exact) mass is 518 g/mol. The number of primary amides is 1. The van der Waals surface area contributed by atoms with E-state index in [1.165, 1.54) is 32.1 Å². The van der Waals surface area contributed by atoms with Gasteiger partial charge in [0.2, 0.25) is 5.91 Å². The van der Waals surface area contributed by atoms with Crippen molar-refractivity contribution < 1.29 is 19.1 Å². The smallest absolute Gasteiger partial charge is 0.412 e. The summed E-state index contributed by atoms with van der Waals surface area (Å²) in [4.78, 5) is 32.0. The zero-order chi connectivity index (χ0) is 27.2. The van der Waals surface area contributed by atoms with Crippen LogP contribution in [0.25, 0.3) is 0 Å². The van der Waals surface area contributed by atoms with Crippen LogP contribution in [0.5, 0.6) is 0 Å². The molecule has 3 unspecified atom stereocenters. The maximum atomic E-state index is 13.4. The highest BCUT2D eigenvalue weighted by atomic mass is 16.6. The van der Waals surface area contributed by atoms with E-state index < -0.39 is 11.3 Å². The van der Waals surface area contributed by atoms with E-state index in [1.807, 2.05) is 52.0 Å². The standard InChI is InChI=1S/C29H50N4O4/c1-21(12-10-11-16-32-17-15-31-20-32)23(26(30)34)19-25-24(18-22-13-8-7-9-14-22)33(29(5,6)36-25)27(35)37-28(2,3)4/h15,17,20-25H,7-14,16,18-19H2,1-6H3,(H2,30,34)/t21?,23?,24-,25?/m0/s1. The van der Waals surface area contributed by atoms with Crippen molar-refractivity contribution in [3.8, 4) is 0 Å². The number of carbonyl (C=O) groups is 2. The third kappa shape index (κ3) is 8.45. The molecule has 2 N–H and O–H groups in total. The fourth-order valence-corrected chi connectivity index (χ4v) is 6.22. The van der Waals surface area contributed by atoms with Crippen molar-refractivity contribution in [2.45, 2.75) is 136 Å². The molecule has 1 aliphatic heterocycles.